The molecular weight excluding hydrogens is 162 g/mol. The van der Waals surface area contributed by atoms with Gasteiger partial charge in [-0.15, -0.1) is 6.58 Å². The monoisotopic (exact) mass is 183 g/mol. The molecular formula is C11H21NO. The first-order valence-corrected chi connectivity index (χ1v) is 4.55. The first-order chi connectivity index (χ1) is 6.13. The molecule has 0 aliphatic rings. The molecule has 0 rings (SSSR count). The van der Waals surface area contributed by atoms with Crippen LogP contribution in [0.3, 0.4) is 0 Å². The lowest BCUT2D eigenvalue weighted by Gasteiger charge is -2.03. The van der Waals surface area contributed by atoms with Gasteiger partial charge in [0.25, 0.3) is 0 Å². The normalized spacial score (nSPS) is 12.5. The van der Waals surface area contributed by atoms with Crippen molar-refractivity contribution in [2.45, 2.75) is 34.1 Å². The number of nitrogens with two attached hydrogens (primary N) is 1. The lowest BCUT2D eigenvalue weighted by molar-refractivity contribution is 0.413. The van der Waals surface area contributed by atoms with E-state index in [0.29, 0.717) is 12.1 Å². The maximum Gasteiger partial charge on any atom is 0.137 e. The van der Waals surface area contributed by atoms with Gasteiger partial charge >= 0.3 is 0 Å². The van der Waals surface area contributed by atoms with Gasteiger partial charge < -0.3 is 10.8 Å². The topological polar surface area (TPSA) is 46.2 Å². The van der Waals surface area contributed by atoms with E-state index in [-0.39, 0.29) is 5.76 Å². The Bertz CT molecular complexity index is 202. The van der Waals surface area contributed by atoms with E-state index in [1.807, 2.05) is 20.8 Å². The van der Waals surface area contributed by atoms with Gasteiger partial charge in [0.2, 0.25) is 0 Å². The van der Waals surface area contributed by atoms with Gasteiger partial charge in [0.15, 0.2) is 0 Å². The van der Waals surface area contributed by atoms with E-state index in [1.165, 1.54) is 0 Å². The van der Waals surface area contributed by atoms with E-state index < -0.39 is 0 Å². The summed E-state index contributed by atoms with van der Waals surface area (Å²) in [5.41, 5.74) is 6.73. The standard InChI is InChI=1S/C9H15NO.C2H6/c1-4-6-7(3)9(11)8(10)5-2;1-2/h4-5,11H,1,6,10H2,2-3H3;1-2H3/b8-5+,9-7-;. The summed E-state index contributed by atoms with van der Waals surface area (Å²) in [6, 6.07) is 0. The number of allylic oxidation sites excluding steroid dienone is 3. The van der Waals surface area contributed by atoms with Crippen molar-refractivity contribution in [3.8, 4) is 0 Å². The number of aliphatic hydroxyl groups excluding tert-OH is 1. The predicted molar refractivity (Wildman–Crippen MR) is 59.4 cm³/mol. The fourth-order valence-corrected chi connectivity index (χ4v) is 0.696. The SMILES string of the molecule is C=CC/C(C)=C(O)/C(N)=C\C.CC. The highest BCUT2D eigenvalue weighted by atomic mass is 16.3. The molecule has 3 N–H and O–H groups in total. The Balaban J connectivity index is 0. The highest BCUT2D eigenvalue weighted by Crippen LogP contribution is 2.10. The molecule has 0 radical (unpaired) electrons. The molecule has 0 aromatic rings. The summed E-state index contributed by atoms with van der Waals surface area (Å²) in [4.78, 5) is 0. The Morgan fingerprint density at radius 2 is 1.92 bits per heavy atom. The van der Waals surface area contributed by atoms with Gasteiger partial charge in [-0.25, -0.2) is 0 Å². The summed E-state index contributed by atoms with van der Waals surface area (Å²) >= 11 is 0. The van der Waals surface area contributed by atoms with Crippen LogP contribution in [-0.4, -0.2) is 5.11 Å². The molecule has 0 amide bonds. The Morgan fingerprint density at radius 3 is 2.23 bits per heavy atom. The summed E-state index contributed by atoms with van der Waals surface area (Å²) in [6.07, 6.45) is 4.07. The number of aliphatic hydroxyl groups is 1. The maximum atomic E-state index is 9.36. The quantitative estimate of drug-likeness (QED) is 0.400. The molecule has 13 heavy (non-hydrogen) atoms. The van der Waals surface area contributed by atoms with Crippen LogP contribution in [0.1, 0.15) is 34.1 Å². The molecule has 0 aliphatic carbocycles. The zero-order valence-electron chi connectivity index (χ0n) is 9.09. The van der Waals surface area contributed by atoms with Crippen molar-refractivity contribution in [1.82, 2.24) is 0 Å². The summed E-state index contributed by atoms with van der Waals surface area (Å²) < 4.78 is 0. The molecule has 0 aromatic carbocycles. The van der Waals surface area contributed by atoms with Crippen LogP contribution in [0.4, 0.5) is 0 Å². The number of rotatable bonds is 3. The average molecular weight is 183 g/mol. The lowest BCUT2D eigenvalue weighted by Crippen LogP contribution is -2.02. The molecule has 76 valence electrons. The number of hydrogen-bond acceptors (Lipinski definition) is 2. The van der Waals surface area contributed by atoms with Crippen molar-refractivity contribution in [3.63, 3.8) is 0 Å². The predicted octanol–water partition coefficient (Wildman–Crippen LogP) is 3.28. The highest BCUT2D eigenvalue weighted by molar-refractivity contribution is 5.26. The van der Waals surface area contributed by atoms with Gasteiger partial charge in [-0.05, 0) is 25.8 Å². The molecule has 0 fully saturated rings. The zero-order chi connectivity index (χ0) is 10.9. The number of hydrogen-bond donors (Lipinski definition) is 2. The molecule has 0 aromatic heterocycles. The van der Waals surface area contributed by atoms with Gasteiger partial charge in [0, 0.05) is 0 Å². The van der Waals surface area contributed by atoms with E-state index >= 15 is 0 Å². The van der Waals surface area contributed by atoms with Gasteiger partial charge in [-0.2, -0.15) is 0 Å². The van der Waals surface area contributed by atoms with Crippen LogP contribution in [0.15, 0.2) is 35.8 Å². The first-order valence-electron chi connectivity index (χ1n) is 4.55. The minimum atomic E-state index is 0.174. The van der Waals surface area contributed by atoms with Gasteiger partial charge in [-0.3, -0.25) is 0 Å². The van der Waals surface area contributed by atoms with E-state index in [4.69, 9.17) is 5.73 Å². The third kappa shape index (κ3) is 6.02. The fourth-order valence-electron chi connectivity index (χ4n) is 0.696. The molecule has 0 atom stereocenters. The molecule has 0 spiro atoms. The van der Waals surface area contributed by atoms with Crippen LogP contribution >= 0.6 is 0 Å². The molecule has 0 heterocycles. The second-order valence-electron chi connectivity index (χ2n) is 2.37. The molecule has 2 nitrogen and oxygen atoms in total. The van der Waals surface area contributed by atoms with Crippen molar-refractivity contribution in [2.24, 2.45) is 5.73 Å². The van der Waals surface area contributed by atoms with Crippen LogP contribution in [0.2, 0.25) is 0 Å². The van der Waals surface area contributed by atoms with Crippen molar-refractivity contribution in [1.29, 1.82) is 0 Å². The average Bonchev–Trinajstić information content (AvgIpc) is 2.19. The van der Waals surface area contributed by atoms with Gasteiger partial charge in [-0.1, -0.05) is 26.0 Å². The Hall–Kier alpha value is -1.18. The molecule has 0 saturated carbocycles. The van der Waals surface area contributed by atoms with Crippen LogP contribution < -0.4 is 5.73 Å². The second-order valence-corrected chi connectivity index (χ2v) is 2.37. The molecule has 0 saturated heterocycles. The largest absolute Gasteiger partial charge is 0.506 e. The van der Waals surface area contributed by atoms with Crippen molar-refractivity contribution < 1.29 is 5.11 Å². The molecule has 0 unspecified atom stereocenters. The molecule has 0 bridgehead atoms. The summed E-state index contributed by atoms with van der Waals surface area (Å²) in [7, 11) is 0. The van der Waals surface area contributed by atoms with Crippen LogP contribution in [-0.2, 0) is 0 Å². The van der Waals surface area contributed by atoms with Crippen molar-refractivity contribution >= 4 is 0 Å². The van der Waals surface area contributed by atoms with E-state index in [9.17, 15) is 5.11 Å². The zero-order valence-corrected chi connectivity index (χ0v) is 9.09. The Labute approximate surface area is 81.5 Å². The fraction of sp³-hybridized carbons (Fsp3) is 0.455. The van der Waals surface area contributed by atoms with Gasteiger partial charge in [0.1, 0.15) is 5.76 Å². The van der Waals surface area contributed by atoms with Crippen molar-refractivity contribution in [2.75, 3.05) is 0 Å². The van der Waals surface area contributed by atoms with Crippen LogP contribution in [0.25, 0.3) is 0 Å². The van der Waals surface area contributed by atoms with E-state index in [1.54, 1.807) is 19.1 Å². The van der Waals surface area contributed by atoms with E-state index in [0.717, 1.165) is 5.57 Å². The Morgan fingerprint density at radius 1 is 1.46 bits per heavy atom. The molecule has 2 heteroatoms. The molecule has 0 aliphatic heterocycles. The van der Waals surface area contributed by atoms with Crippen LogP contribution in [0.5, 0.6) is 0 Å². The smallest absolute Gasteiger partial charge is 0.137 e. The second kappa shape index (κ2) is 8.91. The van der Waals surface area contributed by atoms with E-state index in [2.05, 4.69) is 6.58 Å². The highest BCUT2D eigenvalue weighted by Gasteiger charge is 1.99. The van der Waals surface area contributed by atoms with Gasteiger partial charge in [0.05, 0.1) is 5.70 Å². The first kappa shape index (κ1) is 14.3. The Kier molecular flexibility index (Phi) is 9.84. The summed E-state index contributed by atoms with van der Waals surface area (Å²) in [6.45, 7) is 11.2. The van der Waals surface area contributed by atoms with Crippen molar-refractivity contribution in [3.05, 3.63) is 35.8 Å². The lowest BCUT2D eigenvalue weighted by atomic mass is 10.1. The van der Waals surface area contributed by atoms with Crippen LogP contribution in [0, 0.1) is 0 Å². The summed E-state index contributed by atoms with van der Waals surface area (Å²) in [5.74, 6) is 0.174. The summed E-state index contributed by atoms with van der Waals surface area (Å²) in [5, 5.41) is 9.36. The third-order valence-corrected chi connectivity index (χ3v) is 1.44. The maximum absolute atomic E-state index is 9.36. The third-order valence-electron chi connectivity index (χ3n) is 1.44. The minimum absolute atomic E-state index is 0.174. The minimum Gasteiger partial charge on any atom is -0.506 e.